The van der Waals surface area contributed by atoms with E-state index in [9.17, 15) is 14.0 Å². The van der Waals surface area contributed by atoms with Crippen LogP contribution in [0.15, 0.2) is 30.3 Å². The third-order valence-electron chi connectivity index (χ3n) is 3.96. The molecule has 2 aromatic rings. The van der Waals surface area contributed by atoms with Gasteiger partial charge in [0.2, 0.25) is 5.91 Å². The van der Waals surface area contributed by atoms with E-state index in [1.807, 2.05) is 6.07 Å². The van der Waals surface area contributed by atoms with Crippen molar-refractivity contribution < 1.29 is 14.0 Å². The van der Waals surface area contributed by atoms with E-state index in [0.717, 1.165) is 24.1 Å². The van der Waals surface area contributed by atoms with Crippen molar-refractivity contribution in [3.8, 4) is 0 Å². The molecule has 0 bridgehead atoms. The van der Waals surface area contributed by atoms with Gasteiger partial charge in [-0.3, -0.25) is 9.59 Å². The van der Waals surface area contributed by atoms with Crippen molar-refractivity contribution in [3.63, 3.8) is 0 Å². The van der Waals surface area contributed by atoms with Crippen LogP contribution < -0.4 is 10.6 Å². The number of rotatable bonds is 9. The largest absolute Gasteiger partial charge is 0.354 e. The van der Waals surface area contributed by atoms with Crippen molar-refractivity contribution in [2.75, 3.05) is 13.1 Å². The molecule has 140 valence electrons. The molecule has 26 heavy (non-hydrogen) atoms. The van der Waals surface area contributed by atoms with Crippen LogP contribution >= 0.6 is 11.3 Å². The van der Waals surface area contributed by atoms with E-state index in [0.29, 0.717) is 18.7 Å². The molecule has 0 spiro atoms. The van der Waals surface area contributed by atoms with E-state index in [2.05, 4.69) is 24.5 Å². The van der Waals surface area contributed by atoms with Gasteiger partial charge in [-0.25, -0.2) is 4.39 Å². The second kappa shape index (κ2) is 10.1. The summed E-state index contributed by atoms with van der Waals surface area (Å²) >= 11 is 1.55. The molecule has 1 aromatic carbocycles. The van der Waals surface area contributed by atoms with Gasteiger partial charge < -0.3 is 10.6 Å². The predicted octanol–water partition coefficient (Wildman–Crippen LogP) is 3.49. The summed E-state index contributed by atoms with van der Waals surface area (Å²) in [7, 11) is 0. The number of halogens is 1. The maximum atomic E-state index is 13.1. The van der Waals surface area contributed by atoms with Crippen molar-refractivity contribution in [1.29, 1.82) is 0 Å². The van der Waals surface area contributed by atoms with E-state index in [-0.39, 0.29) is 24.1 Å². The topological polar surface area (TPSA) is 58.2 Å². The predicted molar refractivity (Wildman–Crippen MR) is 103 cm³/mol. The van der Waals surface area contributed by atoms with Gasteiger partial charge in [-0.05, 0) is 42.2 Å². The lowest BCUT2D eigenvalue weighted by molar-refractivity contribution is -0.120. The summed E-state index contributed by atoms with van der Waals surface area (Å²) in [5.41, 5.74) is 1.87. The summed E-state index contributed by atoms with van der Waals surface area (Å²) in [5.74, 6) is -0.654. The van der Waals surface area contributed by atoms with Gasteiger partial charge in [0, 0.05) is 18.0 Å². The zero-order valence-electron chi connectivity index (χ0n) is 15.2. The first-order valence-electron chi connectivity index (χ1n) is 8.94. The van der Waals surface area contributed by atoms with Gasteiger partial charge in [-0.15, -0.1) is 11.3 Å². The van der Waals surface area contributed by atoms with Crippen LogP contribution in [0.4, 0.5) is 4.39 Å². The maximum Gasteiger partial charge on any atom is 0.261 e. The van der Waals surface area contributed by atoms with E-state index < -0.39 is 0 Å². The number of aryl methyl sites for hydroxylation is 2. The molecule has 2 rings (SSSR count). The first-order chi connectivity index (χ1) is 12.5. The minimum atomic E-state index is -0.354. The number of nitrogens with one attached hydrogen (secondary N) is 2. The smallest absolute Gasteiger partial charge is 0.261 e. The molecule has 0 fully saturated rings. The Hall–Kier alpha value is -2.21. The van der Waals surface area contributed by atoms with E-state index in [1.165, 1.54) is 22.6 Å². The van der Waals surface area contributed by atoms with Crippen molar-refractivity contribution in [1.82, 2.24) is 10.6 Å². The highest BCUT2D eigenvalue weighted by Crippen LogP contribution is 2.24. The molecule has 1 aromatic heterocycles. The van der Waals surface area contributed by atoms with Crippen molar-refractivity contribution in [2.45, 2.75) is 39.5 Å². The summed E-state index contributed by atoms with van der Waals surface area (Å²) in [4.78, 5) is 26.1. The second-order valence-electron chi connectivity index (χ2n) is 6.08. The number of carbonyl (C=O) groups excluding carboxylic acids is 2. The maximum absolute atomic E-state index is 13.1. The number of hydrogen-bond donors (Lipinski definition) is 2. The van der Waals surface area contributed by atoms with Crippen LogP contribution in [-0.4, -0.2) is 24.9 Å². The molecule has 0 atom stereocenters. The number of hydrogen-bond acceptors (Lipinski definition) is 3. The molecule has 2 N–H and O–H groups in total. The quantitative estimate of drug-likeness (QED) is 0.658. The first kappa shape index (κ1) is 20.1. The molecule has 2 amide bonds. The van der Waals surface area contributed by atoms with Crippen LogP contribution in [0.5, 0.6) is 0 Å². The fourth-order valence-corrected chi connectivity index (χ4v) is 3.95. The molecule has 0 saturated carbocycles. The van der Waals surface area contributed by atoms with E-state index in [4.69, 9.17) is 0 Å². The van der Waals surface area contributed by atoms with Gasteiger partial charge in [0.1, 0.15) is 5.82 Å². The van der Waals surface area contributed by atoms with Crippen LogP contribution in [0.25, 0.3) is 0 Å². The number of benzene rings is 1. The normalized spacial score (nSPS) is 10.6. The van der Waals surface area contributed by atoms with Gasteiger partial charge in [-0.2, -0.15) is 0 Å². The summed E-state index contributed by atoms with van der Waals surface area (Å²) in [6, 6.07) is 7.94. The Balaban J connectivity index is 1.75. The highest BCUT2D eigenvalue weighted by molar-refractivity contribution is 7.14. The number of amides is 2. The molecule has 4 nitrogen and oxygen atoms in total. The Morgan fingerprint density at radius 1 is 1.12 bits per heavy atom. The molecule has 0 unspecified atom stereocenters. The average molecular weight is 376 g/mol. The van der Waals surface area contributed by atoms with Gasteiger partial charge in [0.05, 0.1) is 11.3 Å². The van der Waals surface area contributed by atoms with Crippen LogP contribution in [0.2, 0.25) is 0 Å². The highest BCUT2D eigenvalue weighted by atomic mass is 32.1. The van der Waals surface area contributed by atoms with Crippen LogP contribution in [0.1, 0.15) is 45.9 Å². The van der Waals surface area contributed by atoms with Crippen LogP contribution in [0, 0.1) is 5.82 Å². The summed E-state index contributed by atoms with van der Waals surface area (Å²) in [5, 5.41) is 5.56. The lowest BCUT2D eigenvalue weighted by Crippen LogP contribution is -2.35. The van der Waals surface area contributed by atoms with Crippen molar-refractivity contribution in [2.24, 2.45) is 0 Å². The molecule has 0 saturated heterocycles. The van der Waals surface area contributed by atoms with Gasteiger partial charge in [0.25, 0.3) is 5.91 Å². The molecular weight excluding hydrogens is 351 g/mol. The molecule has 1 heterocycles. The zero-order valence-corrected chi connectivity index (χ0v) is 16.0. The fourth-order valence-electron chi connectivity index (χ4n) is 2.68. The summed E-state index contributed by atoms with van der Waals surface area (Å²) in [6.07, 6.45) is 3.11. The Bertz CT molecular complexity index is 758. The number of thiophene rings is 1. The molecule has 0 radical (unpaired) electrons. The van der Waals surface area contributed by atoms with Crippen LogP contribution in [0.3, 0.4) is 0 Å². The van der Waals surface area contributed by atoms with E-state index in [1.54, 1.807) is 23.5 Å². The monoisotopic (exact) mass is 376 g/mol. The van der Waals surface area contributed by atoms with Crippen LogP contribution in [-0.2, 0) is 24.1 Å². The third-order valence-corrected chi connectivity index (χ3v) is 5.20. The lowest BCUT2D eigenvalue weighted by Gasteiger charge is -2.06. The Kier molecular flexibility index (Phi) is 7.78. The highest BCUT2D eigenvalue weighted by Gasteiger charge is 2.13. The molecule has 0 aliphatic carbocycles. The summed E-state index contributed by atoms with van der Waals surface area (Å²) < 4.78 is 13.1. The van der Waals surface area contributed by atoms with Gasteiger partial charge in [0.15, 0.2) is 0 Å². The third kappa shape index (κ3) is 5.95. The fraction of sp³-hybridized carbons (Fsp3) is 0.400. The van der Waals surface area contributed by atoms with Gasteiger partial charge >= 0.3 is 0 Å². The first-order valence-corrected chi connectivity index (χ1v) is 9.76. The zero-order chi connectivity index (χ0) is 18.9. The van der Waals surface area contributed by atoms with E-state index >= 15 is 0 Å². The molecule has 6 heteroatoms. The SMILES string of the molecule is CCCc1sc(C(=O)NCCNC(=O)Cc2cccc(F)c2)cc1CC. The van der Waals surface area contributed by atoms with Crippen molar-refractivity contribution >= 4 is 23.2 Å². The minimum Gasteiger partial charge on any atom is -0.354 e. The minimum absolute atomic E-state index is 0.105. The Morgan fingerprint density at radius 3 is 2.58 bits per heavy atom. The standard InChI is InChI=1S/C20H25FN2O2S/c1-3-6-17-15(4-2)13-18(26-17)20(25)23-10-9-22-19(24)12-14-7-5-8-16(21)11-14/h5,7-8,11,13H,3-4,6,9-10,12H2,1-2H3,(H,22,24)(H,23,25). The molecule has 0 aliphatic heterocycles. The molecular formula is C20H25FN2O2S. The summed E-state index contributed by atoms with van der Waals surface area (Å²) in [6.45, 7) is 4.92. The second-order valence-corrected chi connectivity index (χ2v) is 7.21. The number of carbonyl (C=O) groups is 2. The van der Waals surface area contributed by atoms with Crippen molar-refractivity contribution in [3.05, 3.63) is 57.0 Å². The lowest BCUT2D eigenvalue weighted by atomic mass is 10.1. The average Bonchev–Trinajstić information content (AvgIpc) is 3.02. The Morgan fingerprint density at radius 2 is 1.88 bits per heavy atom. The van der Waals surface area contributed by atoms with Gasteiger partial charge in [-0.1, -0.05) is 32.4 Å². The molecule has 0 aliphatic rings. The Labute approximate surface area is 157 Å².